The number of hydrogen-bond acceptors (Lipinski definition) is 4. The normalized spacial score (nSPS) is 15.7. The third-order valence-corrected chi connectivity index (χ3v) is 5.77. The topological polar surface area (TPSA) is 62.7 Å². The minimum Gasteiger partial charge on any atom is -0.341 e. The van der Waals surface area contributed by atoms with Gasteiger partial charge in [-0.25, -0.2) is 0 Å². The van der Waals surface area contributed by atoms with Crippen LogP contribution in [0.4, 0.5) is 5.82 Å². The van der Waals surface area contributed by atoms with Gasteiger partial charge in [0.2, 0.25) is 5.91 Å². The van der Waals surface area contributed by atoms with Crippen molar-refractivity contribution in [1.29, 1.82) is 0 Å². The lowest BCUT2D eigenvalue weighted by Gasteiger charge is -2.19. The summed E-state index contributed by atoms with van der Waals surface area (Å²) < 4.78 is 2.48. The number of H-pyrrole nitrogens is 1. The molecule has 1 saturated carbocycles. The van der Waals surface area contributed by atoms with Crippen LogP contribution in [-0.4, -0.2) is 20.7 Å². The zero-order chi connectivity index (χ0) is 16.4. The largest absolute Gasteiger partial charge is 0.341 e. The van der Waals surface area contributed by atoms with Gasteiger partial charge in [0.05, 0.1) is 12.1 Å². The van der Waals surface area contributed by atoms with E-state index in [0.29, 0.717) is 16.3 Å². The monoisotopic (exact) mass is 350 g/mol. The average molecular weight is 351 g/mol. The molecule has 2 aromatic rings. The van der Waals surface area contributed by atoms with E-state index in [1.165, 1.54) is 43.4 Å². The molecule has 1 aliphatic rings. The summed E-state index contributed by atoms with van der Waals surface area (Å²) in [6, 6.07) is 2.03. The second kappa shape index (κ2) is 6.97. The highest BCUT2D eigenvalue weighted by Crippen LogP contribution is 2.32. The Balaban J connectivity index is 1.67. The molecule has 2 heterocycles. The lowest BCUT2D eigenvalue weighted by molar-refractivity contribution is -0.115. The SMILES string of the molecule is Cc1[nH]c(=S)sc1CC(=O)Nc1cc(C2CCCCC2)nn1C. The number of hydrogen-bond donors (Lipinski definition) is 2. The number of carbonyl (C=O) groups is 1. The molecule has 0 aliphatic heterocycles. The predicted molar refractivity (Wildman–Crippen MR) is 95.6 cm³/mol. The molecule has 2 aromatic heterocycles. The molecule has 0 saturated heterocycles. The molecule has 0 radical (unpaired) electrons. The Labute approximate surface area is 145 Å². The van der Waals surface area contributed by atoms with Crippen LogP contribution in [0.5, 0.6) is 0 Å². The number of rotatable bonds is 4. The Morgan fingerprint density at radius 2 is 2.22 bits per heavy atom. The number of thiazole rings is 1. The van der Waals surface area contributed by atoms with Gasteiger partial charge in [-0.2, -0.15) is 5.10 Å². The fourth-order valence-electron chi connectivity index (χ4n) is 3.14. The molecule has 5 nitrogen and oxygen atoms in total. The molecule has 0 unspecified atom stereocenters. The maximum absolute atomic E-state index is 12.3. The van der Waals surface area contributed by atoms with Crippen molar-refractivity contribution in [3.63, 3.8) is 0 Å². The summed E-state index contributed by atoms with van der Waals surface area (Å²) in [6.45, 7) is 1.94. The second-order valence-corrected chi connectivity index (χ2v) is 7.97. The van der Waals surface area contributed by atoms with Crippen molar-refractivity contribution in [3.8, 4) is 0 Å². The highest BCUT2D eigenvalue weighted by molar-refractivity contribution is 7.73. The van der Waals surface area contributed by atoms with Crippen LogP contribution in [-0.2, 0) is 18.3 Å². The Morgan fingerprint density at radius 3 is 2.87 bits per heavy atom. The van der Waals surface area contributed by atoms with Gasteiger partial charge in [0.15, 0.2) is 3.95 Å². The van der Waals surface area contributed by atoms with Crippen LogP contribution in [0.3, 0.4) is 0 Å². The predicted octanol–water partition coefficient (Wildman–Crippen LogP) is 4.08. The van der Waals surface area contributed by atoms with Crippen molar-refractivity contribution < 1.29 is 4.79 Å². The third kappa shape index (κ3) is 3.90. The smallest absolute Gasteiger partial charge is 0.230 e. The molecular formula is C16H22N4OS2. The van der Waals surface area contributed by atoms with Crippen molar-refractivity contribution in [1.82, 2.24) is 14.8 Å². The van der Waals surface area contributed by atoms with Crippen LogP contribution in [0.25, 0.3) is 0 Å². The number of aromatic nitrogens is 3. The maximum Gasteiger partial charge on any atom is 0.230 e. The standard InChI is InChI=1S/C16H22N4OS2/c1-10-13(23-16(22)17-10)9-15(21)18-14-8-12(19-20(14)2)11-6-4-3-5-7-11/h8,11H,3-7,9H2,1-2H3,(H,17,22)(H,18,21). The van der Waals surface area contributed by atoms with Gasteiger partial charge in [0, 0.05) is 29.6 Å². The molecule has 0 bridgehead atoms. The van der Waals surface area contributed by atoms with Gasteiger partial charge in [0.1, 0.15) is 5.82 Å². The molecule has 0 spiro atoms. The molecule has 1 fully saturated rings. The first kappa shape index (κ1) is 16.4. The molecule has 2 N–H and O–H groups in total. The number of aromatic amines is 1. The summed E-state index contributed by atoms with van der Waals surface area (Å²) in [5, 5.41) is 7.57. The fourth-order valence-corrected chi connectivity index (χ4v) is 4.43. The Morgan fingerprint density at radius 1 is 1.48 bits per heavy atom. The molecular weight excluding hydrogens is 328 g/mol. The van der Waals surface area contributed by atoms with Crippen LogP contribution in [0.1, 0.15) is 54.3 Å². The average Bonchev–Trinajstić information content (AvgIpc) is 3.03. The van der Waals surface area contributed by atoms with Crippen molar-refractivity contribution >= 4 is 35.3 Å². The van der Waals surface area contributed by atoms with Crippen LogP contribution in [0.15, 0.2) is 6.07 Å². The maximum atomic E-state index is 12.3. The first-order chi connectivity index (χ1) is 11.0. The molecule has 0 atom stereocenters. The van der Waals surface area contributed by atoms with E-state index in [2.05, 4.69) is 15.4 Å². The zero-order valence-electron chi connectivity index (χ0n) is 13.5. The van der Waals surface area contributed by atoms with Crippen LogP contribution in [0.2, 0.25) is 0 Å². The van der Waals surface area contributed by atoms with Gasteiger partial charge in [-0.05, 0) is 32.0 Å². The Hall–Kier alpha value is -1.47. The van der Waals surface area contributed by atoms with E-state index in [1.807, 2.05) is 20.0 Å². The van der Waals surface area contributed by atoms with E-state index < -0.39 is 0 Å². The summed E-state index contributed by atoms with van der Waals surface area (Å²) in [6.07, 6.45) is 6.63. The van der Waals surface area contributed by atoms with Gasteiger partial charge in [-0.15, -0.1) is 11.3 Å². The van der Waals surface area contributed by atoms with E-state index in [4.69, 9.17) is 12.2 Å². The summed E-state index contributed by atoms with van der Waals surface area (Å²) in [7, 11) is 1.88. The van der Waals surface area contributed by atoms with Crippen LogP contribution >= 0.6 is 23.6 Å². The van der Waals surface area contributed by atoms with Gasteiger partial charge >= 0.3 is 0 Å². The Kier molecular flexibility index (Phi) is 4.96. The molecule has 0 aromatic carbocycles. The lowest BCUT2D eigenvalue weighted by Crippen LogP contribution is -2.16. The first-order valence-electron chi connectivity index (χ1n) is 8.05. The highest BCUT2D eigenvalue weighted by atomic mass is 32.1. The van der Waals surface area contributed by atoms with Gasteiger partial charge in [-0.3, -0.25) is 9.48 Å². The van der Waals surface area contributed by atoms with Gasteiger partial charge < -0.3 is 10.3 Å². The van der Waals surface area contributed by atoms with Gasteiger partial charge in [0.25, 0.3) is 0 Å². The van der Waals surface area contributed by atoms with Crippen LogP contribution < -0.4 is 5.32 Å². The molecule has 7 heteroatoms. The van der Waals surface area contributed by atoms with Crippen molar-refractivity contribution in [2.24, 2.45) is 7.05 Å². The van der Waals surface area contributed by atoms with Crippen molar-refractivity contribution in [2.45, 2.75) is 51.4 Å². The van der Waals surface area contributed by atoms with E-state index >= 15 is 0 Å². The molecule has 23 heavy (non-hydrogen) atoms. The molecule has 3 rings (SSSR count). The number of nitrogens with zero attached hydrogens (tertiary/aromatic N) is 2. The molecule has 1 amide bonds. The second-order valence-electron chi connectivity index (χ2n) is 6.20. The fraction of sp³-hybridized carbons (Fsp3) is 0.562. The minimum absolute atomic E-state index is 0.0310. The number of nitrogens with one attached hydrogen (secondary N) is 2. The lowest BCUT2D eigenvalue weighted by atomic mass is 9.87. The summed E-state index contributed by atoms with van der Waals surface area (Å²) in [5.41, 5.74) is 2.08. The summed E-state index contributed by atoms with van der Waals surface area (Å²) in [4.78, 5) is 16.3. The van der Waals surface area contributed by atoms with Crippen LogP contribution in [0, 0.1) is 10.9 Å². The minimum atomic E-state index is -0.0310. The molecule has 124 valence electrons. The number of amides is 1. The Bertz CT molecular complexity index is 752. The number of anilines is 1. The van der Waals surface area contributed by atoms with E-state index in [-0.39, 0.29) is 5.91 Å². The first-order valence-corrected chi connectivity index (χ1v) is 9.28. The van der Waals surface area contributed by atoms with E-state index in [9.17, 15) is 4.79 Å². The number of carbonyl (C=O) groups excluding carboxylic acids is 1. The highest BCUT2D eigenvalue weighted by Gasteiger charge is 2.20. The van der Waals surface area contributed by atoms with E-state index in [0.717, 1.165) is 22.1 Å². The zero-order valence-corrected chi connectivity index (χ0v) is 15.1. The summed E-state index contributed by atoms with van der Waals surface area (Å²) >= 11 is 6.58. The van der Waals surface area contributed by atoms with Gasteiger partial charge in [-0.1, -0.05) is 19.3 Å². The van der Waals surface area contributed by atoms with Crippen molar-refractivity contribution in [3.05, 3.63) is 26.3 Å². The van der Waals surface area contributed by atoms with Crippen molar-refractivity contribution in [2.75, 3.05) is 5.32 Å². The number of aryl methyl sites for hydroxylation is 2. The molecule has 1 aliphatic carbocycles. The van der Waals surface area contributed by atoms with E-state index in [1.54, 1.807) is 4.68 Å². The third-order valence-electron chi connectivity index (χ3n) is 4.43. The summed E-state index contributed by atoms with van der Waals surface area (Å²) in [5.74, 6) is 1.28. The quantitative estimate of drug-likeness (QED) is 0.817.